The highest BCUT2D eigenvalue weighted by Crippen LogP contribution is 2.35. The van der Waals surface area contributed by atoms with E-state index >= 15 is 0 Å². The van der Waals surface area contributed by atoms with Gasteiger partial charge in [-0.3, -0.25) is 0 Å². The third-order valence-electron chi connectivity index (χ3n) is 7.18. The maximum absolute atomic E-state index is 2.49. The Balaban J connectivity index is 1.62. The van der Waals surface area contributed by atoms with Crippen LogP contribution in [-0.4, -0.2) is 6.71 Å². The molecule has 0 saturated carbocycles. The van der Waals surface area contributed by atoms with Gasteiger partial charge in [0.1, 0.15) is 0 Å². The number of hydrogen-bond acceptors (Lipinski definition) is 0. The molecule has 1 heteroatoms. The molecule has 0 fully saturated rings. The Morgan fingerprint density at radius 2 is 1.13 bits per heavy atom. The third-order valence-corrected chi connectivity index (χ3v) is 7.18. The van der Waals surface area contributed by atoms with Gasteiger partial charge in [-0.2, -0.15) is 0 Å². The molecule has 0 atom stereocenters. The minimum absolute atomic E-state index is 0.117. The summed E-state index contributed by atoms with van der Waals surface area (Å²) in [7, 11) is 0. The van der Waals surface area contributed by atoms with Gasteiger partial charge < -0.3 is 0 Å². The molecular formula is C30H27B. The molecule has 150 valence electrons. The molecule has 2 aliphatic rings. The Kier molecular flexibility index (Phi) is 4.05. The van der Waals surface area contributed by atoms with Crippen LogP contribution in [0.4, 0.5) is 0 Å². The maximum atomic E-state index is 2.49. The first-order valence-electron chi connectivity index (χ1n) is 11.4. The molecule has 0 spiro atoms. The molecule has 4 aromatic carbocycles. The standard InChI is InChI=1S/C30H27B/c1-30(2,3)26-13-7-6-12-25(26)22-18-23-16-20-10-4-8-14-27(20)31-28-15-9-5-11-21(28)17-24(19-22)29(23)31/h4-15,18-19H,16-17H2,1-3H3. The van der Waals surface area contributed by atoms with Gasteiger partial charge in [-0.25, -0.2) is 0 Å². The average Bonchev–Trinajstić information content (AvgIpc) is 2.78. The predicted octanol–water partition coefficient (Wildman–Crippen LogP) is 4.98. The second-order valence-corrected chi connectivity index (χ2v) is 10.2. The molecule has 0 aromatic heterocycles. The maximum Gasteiger partial charge on any atom is 0.242 e. The molecule has 2 aliphatic heterocycles. The van der Waals surface area contributed by atoms with Crippen molar-refractivity contribution in [2.45, 2.75) is 39.0 Å². The molecule has 0 bridgehead atoms. The summed E-state index contributed by atoms with van der Waals surface area (Å²) in [5.74, 6) is 0. The fraction of sp³-hybridized carbons (Fsp3) is 0.200. The van der Waals surface area contributed by atoms with Gasteiger partial charge in [0.25, 0.3) is 0 Å². The number of benzene rings is 4. The van der Waals surface area contributed by atoms with Crippen LogP contribution in [0.2, 0.25) is 0 Å². The molecule has 2 heterocycles. The quantitative estimate of drug-likeness (QED) is 0.343. The molecule has 0 nitrogen and oxygen atoms in total. The molecule has 0 saturated heterocycles. The van der Waals surface area contributed by atoms with Crippen LogP contribution in [-0.2, 0) is 18.3 Å². The summed E-state index contributed by atoms with van der Waals surface area (Å²) < 4.78 is 0. The van der Waals surface area contributed by atoms with Crippen molar-refractivity contribution in [2.24, 2.45) is 0 Å². The van der Waals surface area contributed by atoms with Crippen LogP contribution in [0.3, 0.4) is 0 Å². The highest BCUT2D eigenvalue weighted by atomic mass is 14.3. The normalized spacial score (nSPS) is 14.0. The van der Waals surface area contributed by atoms with E-state index in [1.165, 1.54) is 49.9 Å². The van der Waals surface area contributed by atoms with Crippen LogP contribution in [0.1, 0.15) is 48.6 Å². The van der Waals surface area contributed by atoms with Crippen molar-refractivity contribution in [1.82, 2.24) is 0 Å². The largest absolute Gasteiger partial charge is 0.242 e. The number of hydrogen-bond donors (Lipinski definition) is 0. The van der Waals surface area contributed by atoms with Gasteiger partial charge in [-0.15, -0.1) is 0 Å². The molecule has 4 aromatic rings. The summed E-state index contributed by atoms with van der Waals surface area (Å²) in [5.41, 5.74) is 14.8. The highest BCUT2D eigenvalue weighted by molar-refractivity contribution is 6.97. The van der Waals surface area contributed by atoms with Crippen LogP contribution in [0, 0.1) is 0 Å². The van der Waals surface area contributed by atoms with E-state index in [-0.39, 0.29) is 5.41 Å². The molecular weight excluding hydrogens is 371 g/mol. The van der Waals surface area contributed by atoms with Crippen molar-refractivity contribution in [3.8, 4) is 11.1 Å². The molecule has 6 rings (SSSR count). The Labute approximate surface area is 186 Å². The fourth-order valence-corrected chi connectivity index (χ4v) is 5.83. The zero-order valence-electron chi connectivity index (χ0n) is 18.6. The van der Waals surface area contributed by atoms with Gasteiger partial charge in [0.15, 0.2) is 0 Å². The zero-order valence-corrected chi connectivity index (χ0v) is 18.6. The first kappa shape index (κ1) is 18.7. The summed E-state index contributed by atoms with van der Waals surface area (Å²) >= 11 is 0. The van der Waals surface area contributed by atoms with Crippen LogP contribution in [0.15, 0.2) is 84.9 Å². The summed E-state index contributed by atoms with van der Waals surface area (Å²) in [6, 6.07) is 32.1. The van der Waals surface area contributed by atoms with E-state index in [2.05, 4.69) is 106 Å². The summed E-state index contributed by atoms with van der Waals surface area (Å²) in [4.78, 5) is 0. The minimum atomic E-state index is 0.117. The first-order chi connectivity index (χ1) is 15.0. The van der Waals surface area contributed by atoms with Gasteiger partial charge in [0, 0.05) is 0 Å². The van der Waals surface area contributed by atoms with E-state index in [4.69, 9.17) is 0 Å². The van der Waals surface area contributed by atoms with Crippen molar-refractivity contribution in [2.75, 3.05) is 0 Å². The molecule has 0 radical (unpaired) electrons. The first-order valence-corrected chi connectivity index (χ1v) is 11.4. The van der Waals surface area contributed by atoms with E-state index in [1.54, 1.807) is 5.46 Å². The van der Waals surface area contributed by atoms with Crippen molar-refractivity contribution in [1.29, 1.82) is 0 Å². The van der Waals surface area contributed by atoms with Crippen LogP contribution in [0.25, 0.3) is 11.1 Å². The summed E-state index contributed by atoms with van der Waals surface area (Å²) in [6.45, 7) is 7.32. The van der Waals surface area contributed by atoms with Crippen molar-refractivity contribution < 1.29 is 0 Å². The topological polar surface area (TPSA) is 0 Å². The smallest absolute Gasteiger partial charge is 0.0667 e. The van der Waals surface area contributed by atoms with Crippen LogP contribution >= 0.6 is 0 Å². The Bertz CT molecular complexity index is 1250. The summed E-state index contributed by atoms with van der Waals surface area (Å²) in [5, 5.41) is 0. The van der Waals surface area contributed by atoms with Crippen LogP contribution in [0.5, 0.6) is 0 Å². The lowest BCUT2D eigenvalue weighted by atomic mass is 9.30. The predicted molar refractivity (Wildman–Crippen MR) is 134 cm³/mol. The zero-order chi connectivity index (χ0) is 21.2. The van der Waals surface area contributed by atoms with Gasteiger partial charge in [-0.05, 0) is 57.2 Å². The lowest BCUT2D eigenvalue weighted by Gasteiger charge is -2.34. The highest BCUT2D eigenvalue weighted by Gasteiger charge is 2.36. The molecule has 0 N–H and O–H groups in total. The number of rotatable bonds is 1. The van der Waals surface area contributed by atoms with Gasteiger partial charge in [0.05, 0.1) is 0 Å². The third kappa shape index (κ3) is 2.91. The second-order valence-electron chi connectivity index (χ2n) is 10.2. The van der Waals surface area contributed by atoms with Gasteiger partial charge >= 0.3 is 0 Å². The lowest BCUT2D eigenvalue weighted by Crippen LogP contribution is -2.61. The van der Waals surface area contributed by atoms with E-state index in [0.717, 1.165) is 12.8 Å². The Morgan fingerprint density at radius 1 is 0.613 bits per heavy atom. The Morgan fingerprint density at radius 3 is 1.71 bits per heavy atom. The average molecular weight is 398 g/mol. The lowest BCUT2D eigenvalue weighted by molar-refractivity contribution is 0.592. The minimum Gasteiger partial charge on any atom is -0.0667 e. The van der Waals surface area contributed by atoms with E-state index < -0.39 is 0 Å². The molecule has 0 aliphatic carbocycles. The van der Waals surface area contributed by atoms with Crippen molar-refractivity contribution in [3.05, 3.63) is 113 Å². The number of fused-ring (bicyclic) bond motifs is 4. The molecule has 31 heavy (non-hydrogen) atoms. The van der Waals surface area contributed by atoms with Crippen molar-refractivity contribution in [3.63, 3.8) is 0 Å². The van der Waals surface area contributed by atoms with E-state index in [9.17, 15) is 0 Å². The van der Waals surface area contributed by atoms with Crippen LogP contribution < -0.4 is 16.4 Å². The van der Waals surface area contributed by atoms with Gasteiger partial charge in [0.2, 0.25) is 6.71 Å². The fourth-order valence-electron chi connectivity index (χ4n) is 5.83. The second kappa shape index (κ2) is 6.72. The van der Waals surface area contributed by atoms with E-state index in [1.807, 2.05) is 0 Å². The SMILES string of the molecule is CC(C)(C)c1ccccc1-c1cc2c3c(c1)Cc1ccccc1B3c1ccccc1C2. The monoisotopic (exact) mass is 398 g/mol. The van der Waals surface area contributed by atoms with Gasteiger partial charge in [-0.1, -0.05) is 122 Å². The summed E-state index contributed by atoms with van der Waals surface area (Å²) in [6.07, 6.45) is 2.06. The molecule has 0 amide bonds. The Hall–Kier alpha value is -3.06. The molecule has 0 unspecified atom stereocenters. The van der Waals surface area contributed by atoms with E-state index in [0.29, 0.717) is 6.71 Å². The van der Waals surface area contributed by atoms with Crippen molar-refractivity contribution >= 4 is 23.1 Å².